The molecule has 0 saturated carbocycles. The fraction of sp³-hybridized carbons (Fsp3) is 0. The minimum atomic E-state index is -4.18. The Hall–Kier alpha value is -0.110. The molecule has 3 N–H and O–H groups in total. The third-order valence-corrected chi connectivity index (χ3v) is 1.46. The van der Waals surface area contributed by atoms with Gasteiger partial charge < -0.3 is 6.85 Å². The van der Waals surface area contributed by atoms with Crippen LogP contribution in [0.15, 0.2) is 30.3 Å². The fourth-order valence-electron chi connectivity index (χ4n) is 0.645. The van der Waals surface area contributed by atoms with Crippen LogP contribution in [0.3, 0.4) is 0 Å². The molecule has 0 bridgehead atoms. The summed E-state index contributed by atoms with van der Waals surface area (Å²) >= 11 is 0. The van der Waals surface area contributed by atoms with Crippen molar-refractivity contribution < 1.29 is 44.0 Å². The molecular weight excluding hydrogens is 203 g/mol. The van der Waals surface area contributed by atoms with Gasteiger partial charge in [-0.15, -0.1) is 4.83 Å². The number of hydrogen-bond donors (Lipinski definition) is 3. The fourth-order valence-corrected chi connectivity index (χ4v) is 0.892. The molecule has 0 spiro atoms. The molecule has 1 aromatic carbocycles. The number of hydrazine groups is 1. The molecule has 1 aromatic rings. The Labute approximate surface area is 100 Å². The minimum Gasteiger partial charge on any atom is -1.00 e. The maximum atomic E-state index is 10.2. The predicted octanol–water partition coefficient (Wildman–Crippen LogP) is -2.48. The topological polar surface area (TPSA) is 78.4 Å². The Kier molecular flexibility index (Phi) is 5.54. The first-order valence-electron chi connectivity index (χ1n) is 3.13. The molecule has 1 rings (SSSR count). The van der Waals surface area contributed by atoms with Crippen LogP contribution in [0.25, 0.3) is 0 Å². The second-order valence-electron chi connectivity index (χ2n) is 2.07. The van der Waals surface area contributed by atoms with Crippen molar-refractivity contribution in [1.29, 1.82) is 0 Å². The molecule has 0 amide bonds. The smallest absolute Gasteiger partial charge is 1.00 e. The van der Waals surface area contributed by atoms with Gasteiger partial charge in [0.15, 0.2) is 0 Å². The van der Waals surface area contributed by atoms with E-state index in [2.05, 4.69) is 5.43 Å². The number of nitrogens with one attached hydrogen (secondary N) is 2. The summed E-state index contributed by atoms with van der Waals surface area (Å²) in [6.07, 6.45) is 0. The molecule has 13 heavy (non-hydrogen) atoms. The molecule has 0 unspecified atom stereocenters. The van der Waals surface area contributed by atoms with Crippen molar-refractivity contribution in [3.8, 4) is 0 Å². The van der Waals surface area contributed by atoms with Crippen LogP contribution in [0.1, 0.15) is 1.43 Å². The molecule has 0 aromatic heterocycles. The average molecular weight is 212 g/mol. The molecule has 0 radical (unpaired) electrons. The number of benzene rings is 1. The van der Waals surface area contributed by atoms with Gasteiger partial charge in [0.1, 0.15) is 0 Å². The SMILES string of the molecule is O=S(=O)(O)NNc1ccccc1.[H-].[Na+]. The van der Waals surface area contributed by atoms with Gasteiger partial charge in [0, 0.05) is 5.69 Å². The third kappa shape index (κ3) is 6.03. The summed E-state index contributed by atoms with van der Waals surface area (Å²) in [5, 5.41) is 0. The predicted molar refractivity (Wildman–Crippen MR) is 45.9 cm³/mol. The van der Waals surface area contributed by atoms with E-state index < -0.39 is 10.3 Å². The molecule has 0 heterocycles. The Morgan fingerprint density at radius 1 is 1.23 bits per heavy atom. The van der Waals surface area contributed by atoms with Crippen molar-refractivity contribution in [2.24, 2.45) is 0 Å². The van der Waals surface area contributed by atoms with Gasteiger partial charge in [-0.05, 0) is 12.1 Å². The first-order valence-corrected chi connectivity index (χ1v) is 4.57. The normalized spacial score (nSPS) is 10.2. The number of para-hydroxylation sites is 1. The second-order valence-corrected chi connectivity index (χ2v) is 3.22. The van der Waals surface area contributed by atoms with Crippen molar-refractivity contribution in [2.75, 3.05) is 5.43 Å². The van der Waals surface area contributed by atoms with Gasteiger partial charge in [-0.2, -0.15) is 8.42 Å². The summed E-state index contributed by atoms with van der Waals surface area (Å²) in [4.78, 5) is 1.72. The summed E-state index contributed by atoms with van der Waals surface area (Å²) in [6, 6.07) is 8.55. The van der Waals surface area contributed by atoms with Crippen molar-refractivity contribution >= 4 is 16.0 Å². The van der Waals surface area contributed by atoms with Crippen molar-refractivity contribution in [3.05, 3.63) is 30.3 Å². The van der Waals surface area contributed by atoms with Crippen LogP contribution in [-0.4, -0.2) is 13.0 Å². The van der Waals surface area contributed by atoms with Crippen LogP contribution in [0.4, 0.5) is 5.69 Å². The Balaban J connectivity index is 0. The number of anilines is 1. The van der Waals surface area contributed by atoms with E-state index in [1.807, 2.05) is 0 Å². The van der Waals surface area contributed by atoms with E-state index >= 15 is 0 Å². The number of hydrogen-bond acceptors (Lipinski definition) is 3. The van der Waals surface area contributed by atoms with E-state index in [9.17, 15) is 8.42 Å². The molecular formula is C6H9N2NaO3S. The van der Waals surface area contributed by atoms with Crippen LogP contribution >= 0.6 is 0 Å². The molecule has 0 aliphatic heterocycles. The van der Waals surface area contributed by atoms with E-state index in [1.54, 1.807) is 35.2 Å². The van der Waals surface area contributed by atoms with Gasteiger partial charge >= 0.3 is 39.9 Å². The first-order chi connectivity index (χ1) is 5.58. The molecule has 0 atom stereocenters. The zero-order chi connectivity index (χ0) is 9.03. The van der Waals surface area contributed by atoms with Gasteiger partial charge in [0.2, 0.25) is 0 Å². The van der Waals surface area contributed by atoms with E-state index in [-0.39, 0.29) is 31.0 Å². The quantitative estimate of drug-likeness (QED) is 0.294. The molecule has 0 saturated heterocycles. The molecule has 0 aliphatic rings. The Bertz CT molecular complexity index is 345. The average Bonchev–Trinajstić information content (AvgIpc) is 2.02. The Morgan fingerprint density at radius 2 is 1.77 bits per heavy atom. The monoisotopic (exact) mass is 212 g/mol. The molecule has 68 valence electrons. The zero-order valence-electron chi connectivity index (χ0n) is 8.06. The standard InChI is InChI=1S/C6H8N2O3S.Na.H/c9-12(10,11)8-7-6-4-2-1-3-5-6;;/h1-5,7-8H,(H,9,10,11);;/q;+1;-1. The maximum Gasteiger partial charge on any atom is 1.00 e. The summed E-state index contributed by atoms with van der Waals surface area (Å²) in [5.41, 5.74) is 2.85. The van der Waals surface area contributed by atoms with Gasteiger partial charge in [0.05, 0.1) is 0 Å². The molecule has 5 nitrogen and oxygen atoms in total. The summed E-state index contributed by atoms with van der Waals surface area (Å²) in [5.74, 6) is 0. The van der Waals surface area contributed by atoms with Crippen LogP contribution in [0, 0.1) is 0 Å². The number of rotatable bonds is 3. The molecule has 7 heteroatoms. The van der Waals surface area contributed by atoms with Gasteiger partial charge in [-0.1, -0.05) is 18.2 Å². The first kappa shape index (κ1) is 12.9. The van der Waals surface area contributed by atoms with Gasteiger partial charge in [-0.3, -0.25) is 4.55 Å². The summed E-state index contributed by atoms with van der Waals surface area (Å²) < 4.78 is 28.7. The summed E-state index contributed by atoms with van der Waals surface area (Å²) in [6.45, 7) is 0. The van der Waals surface area contributed by atoms with Crippen LogP contribution in [0.2, 0.25) is 0 Å². The van der Waals surface area contributed by atoms with E-state index in [1.165, 1.54) is 0 Å². The third-order valence-electron chi connectivity index (χ3n) is 1.10. The van der Waals surface area contributed by atoms with Crippen molar-refractivity contribution in [3.63, 3.8) is 0 Å². The molecule has 0 aliphatic carbocycles. The minimum absolute atomic E-state index is 0. The Morgan fingerprint density at radius 3 is 2.23 bits per heavy atom. The molecule has 0 fully saturated rings. The van der Waals surface area contributed by atoms with Crippen molar-refractivity contribution in [1.82, 2.24) is 4.83 Å². The van der Waals surface area contributed by atoms with Gasteiger partial charge in [0.25, 0.3) is 0 Å². The van der Waals surface area contributed by atoms with Gasteiger partial charge in [-0.25, -0.2) is 0 Å². The largest absolute Gasteiger partial charge is 1.00 e. The van der Waals surface area contributed by atoms with E-state index in [0.29, 0.717) is 5.69 Å². The van der Waals surface area contributed by atoms with Crippen LogP contribution in [0.5, 0.6) is 0 Å². The van der Waals surface area contributed by atoms with E-state index in [0.717, 1.165) is 0 Å². The van der Waals surface area contributed by atoms with E-state index in [4.69, 9.17) is 4.55 Å². The van der Waals surface area contributed by atoms with Crippen molar-refractivity contribution in [2.45, 2.75) is 0 Å². The van der Waals surface area contributed by atoms with Crippen LogP contribution < -0.4 is 39.8 Å². The second kappa shape index (κ2) is 5.58. The maximum absolute atomic E-state index is 10.2. The summed E-state index contributed by atoms with van der Waals surface area (Å²) in [7, 11) is -4.18. The van der Waals surface area contributed by atoms with Crippen LogP contribution in [-0.2, 0) is 10.3 Å². The zero-order valence-corrected chi connectivity index (χ0v) is 9.88.